The third kappa shape index (κ3) is 4.79. The number of hydrogen-bond donors (Lipinski definition) is 0. The summed E-state index contributed by atoms with van der Waals surface area (Å²) in [6.45, 7) is 13.3. The molecule has 0 spiro atoms. The summed E-state index contributed by atoms with van der Waals surface area (Å²) in [5.41, 5.74) is 4.58. The smallest absolute Gasteiger partial charge is 0.134 e. The number of rotatable bonds is 1. The molecule has 0 heterocycles. The number of nitrogens with zero attached hydrogens (tertiary/aromatic N) is 1. The van der Waals surface area contributed by atoms with Crippen LogP contribution in [0.25, 0.3) is 11.1 Å². The molecule has 0 saturated carbocycles. The summed E-state index contributed by atoms with van der Waals surface area (Å²) < 4.78 is 14.7. The van der Waals surface area contributed by atoms with Crippen molar-refractivity contribution in [3.05, 3.63) is 71.6 Å². The van der Waals surface area contributed by atoms with Gasteiger partial charge in [-0.1, -0.05) is 69.3 Å². The van der Waals surface area contributed by atoms with Crippen molar-refractivity contribution in [3.8, 4) is 17.2 Å². The quantitative estimate of drug-likeness (QED) is 0.584. The molecule has 2 rings (SSSR count). The van der Waals surface area contributed by atoms with Crippen LogP contribution < -0.4 is 0 Å². The van der Waals surface area contributed by atoms with Crippen LogP contribution in [0.15, 0.2) is 49.1 Å². The van der Waals surface area contributed by atoms with Gasteiger partial charge in [-0.05, 0) is 36.0 Å². The van der Waals surface area contributed by atoms with E-state index in [1.165, 1.54) is 11.6 Å². The van der Waals surface area contributed by atoms with Gasteiger partial charge in [-0.2, -0.15) is 5.26 Å². The summed E-state index contributed by atoms with van der Waals surface area (Å²) in [7, 11) is 0. The monoisotopic (exact) mass is 309 g/mol. The Labute approximate surface area is 139 Å². The molecule has 0 fully saturated rings. The summed E-state index contributed by atoms with van der Waals surface area (Å²) in [4.78, 5) is 0. The molecule has 2 heteroatoms. The lowest BCUT2D eigenvalue weighted by atomic mass is 9.84. The van der Waals surface area contributed by atoms with Crippen molar-refractivity contribution >= 4 is 0 Å². The number of halogens is 1. The highest BCUT2D eigenvalue weighted by Gasteiger charge is 2.21. The highest BCUT2D eigenvalue weighted by atomic mass is 19.1. The Morgan fingerprint density at radius 2 is 1.70 bits per heavy atom. The molecule has 0 bridgehead atoms. The van der Waals surface area contributed by atoms with Gasteiger partial charge in [0.15, 0.2) is 0 Å². The van der Waals surface area contributed by atoms with Gasteiger partial charge in [0.2, 0.25) is 0 Å². The van der Waals surface area contributed by atoms with Gasteiger partial charge in [0, 0.05) is 11.6 Å². The van der Waals surface area contributed by atoms with Crippen molar-refractivity contribution in [2.75, 3.05) is 0 Å². The first kappa shape index (κ1) is 18.6. The molecule has 2 aromatic carbocycles. The summed E-state index contributed by atoms with van der Waals surface area (Å²) in [5.74, 6) is -0.0954. The molecule has 0 aliphatic heterocycles. The molecule has 0 saturated heterocycles. The van der Waals surface area contributed by atoms with Crippen molar-refractivity contribution < 1.29 is 4.39 Å². The van der Waals surface area contributed by atoms with Gasteiger partial charge in [0.25, 0.3) is 0 Å². The SMILES string of the molecule is C=CC#N.Cc1ccc(-c2cccc(C(C)(C)C)c2F)c(C)c1. The highest BCUT2D eigenvalue weighted by Crippen LogP contribution is 2.33. The average molecular weight is 309 g/mol. The largest absolute Gasteiger partial charge is 0.206 e. The van der Waals surface area contributed by atoms with Crippen LogP contribution in [0.5, 0.6) is 0 Å². The molecule has 0 aromatic heterocycles. The molecule has 120 valence electrons. The van der Waals surface area contributed by atoms with Gasteiger partial charge >= 0.3 is 0 Å². The minimum atomic E-state index is -0.182. The number of hydrogen-bond acceptors (Lipinski definition) is 1. The molecule has 0 unspecified atom stereocenters. The molecule has 0 amide bonds. The zero-order valence-corrected chi connectivity index (χ0v) is 14.6. The summed E-state index contributed by atoms with van der Waals surface area (Å²) in [5, 5.41) is 7.51. The standard InChI is InChI=1S/C18H21F.C3H3N/c1-12-9-10-14(13(2)11-12)15-7-6-8-16(17(15)19)18(3,4)5;1-2-3-4/h6-11H,1-5H3;2H,1H2. The predicted octanol–water partition coefficient (Wildman–Crippen LogP) is 6.10. The molecule has 2 aromatic rings. The van der Waals surface area contributed by atoms with Crippen molar-refractivity contribution in [1.29, 1.82) is 5.26 Å². The maximum absolute atomic E-state index is 14.7. The normalized spacial score (nSPS) is 10.3. The first-order valence-corrected chi connectivity index (χ1v) is 7.59. The zero-order chi connectivity index (χ0) is 17.6. The van der Waals surface area contributed by atoms with Crippen LogP contribution in [0.2, 0.25) is 0 Å². The van der Waals surface area contributed by atoms with Gasteiger partial charge < -0.3 is 0 Å². The van der Waals surface area contributed by atoms with Crippen LogP contribution in [-0.2, 0) is 5.41 Å². The van der Waals surface area contributed by atoms with E-state index in [2.05, 4.69) is 19.6 Å². The molecular formula is C21H24FN. The fourth-order valence-electron chi connectivity index (χ4n) is 2.44. The lowest BCUT2D eigenvalue weighted by Crippen LogP contribution is -2.14. The van der Waals surface area contributed by atoms with Crippen molar-refractivity contribution in [2.24, 2.45) is 0 Å². The van der Waals surface area contributed by atoms with E-state index in [0.29, 0.717) is 5.56 Å². The van der Waals surface area contributed by atoms with Gasteiger partial charge in [-0.3, -0.25) is 0 Å². The Hall–Kier alpha value is -2.40. The topological polar surface area (TPSA) is 23.8 Å². The third-order valence-corrected chi connectivity index (χ3v) is 3.57. The van der Waals surface area contributed by atoms with E-state index in [9.17, 15) is 4.39 Å². The zero-order valence-electron chi connectivity index (χ0n) is 14.6. The van der Waals surface area contributed by atoms with E-state index in [1.807, 2.05) is 58.0 Å². The van der Waals surface area contributed by atoms with Crippen molar-refractivity contribution in [1.82, 2.24) is 0 Å². The lowest BCUT2D eigenvalue weighted by Gasteiger charge is -2.21. The second-order valence-electron chi connectivity index (χ2n) is 6.57. The third-order valence-electron chi connectivity index (χ3n) is 3.57. The second-order valence-corrected chi connectivity index (χ2v) is 6.57. The minimum absolute atomic E-state index is 0.0954. The molecule has 0 radical (unpaired) electrons. The number of nitriles is 1. The van der Waals surface area contributed by atoms with E-state index in [-0.39, 0.29) is 11.2 Å². The number of aryl methyl sites for hydroxylation is 2. The van der Waals surface area contributed by atoms with Gasteiger partial charge in [0.1, 0.15) is 5.82 Å². The van der Waals surface area contributed by atoms with Crippen LogP contribution in [0, 0.1) is 31.0 Å². The molecule has 0 atom stereocenters. The van der Waals surface area contributed by atoms with E-state index in [1.54, 1.807) is 6.07 Å². The Morgan fingerprint density at radius 3 is 2.17 bits per heavy atom. The van der Waals surface area contributed by atoms with Gasteiger partial charge in [-0.25, -0.2) is 4.39 Å². The maximum Gasteiger partial charge on any atom is 0.134 e. The Balaban J connectivity index is 0.000000593. The molecule has 1 nitrogen and oxygen atoms in total. The van der Waals surface area contributed by atoms with Gasteiger partial charge in [-0.15, -0.1) is 0 Å². The van der Waals surface area contributed by atoms with Crippen LogP contribution >= 0.6 is 0 Å². The van der Waals surface area contributed by atoms with Gasteiger partial charge in [0.05, 0.1) is 6.07 Å². The van der Waals surface area contributed by atoms with Crippen LogP contribution in [0.1, 0.15) is 37.5 Å². The Kier molecular flexibility index (Phi) is 6.28. The second kappa shape index (κ2) is 7.74. The number of benzene rings is 2. The molecule has 0 N–H and O–H groups in total. The predicted molar refractivity (Wildman–Crippen MR) is 95.8 cm³/mol. The summed E-state index contributed by atoms with van der Waals surface area (Å²) >= 11 is 0. The summed E-state index contributed by atoms with van der Waals surface area (Å²) in [6, 6.07) is 13.5. The molecule has 23 heavy (non-hydrogen) atoms. The van der Waals surface area contributed by atoms with Crippen LogP contribution in [0.4, 0.5) is 4.39 Å². The van der Waals surface area contributed by atoms with Crippen LogP contribution in [-0.4, -0.2) is 0 Å². The first-order chi connectivity index (χ1) is 10.7. The highest BCUT2D eigenvalue weighted by molar-refractivity contribution is 5.69. The van der Waals surface area contributed by atoms with E-state index in [0.717, 1.165) is 16.7 Å². The average Bonchev–Trinajstić information content (AvgIpc) is 2.47. The van der Waals surface area contributed by atoms with Crippen molar-refractivity contribution in [2.45, 2.75) is 40.0 Å². The first-order valence-electron chi connectivity index (χ1n) is 7.59. The Bertz CT molecular complexity index is 730. The van der Waals surface area contributed by atoms with E-state index < -0.39 is 0 Å². The molecule has 0 aliphatic carbocycles. The van der Waals surface area contributed by atoms with E-state index >= 15 is 0 Å². The maximum atomic E-state index is 14.7. The van der Waals surface area contributed by atoms with E-state index in [4.69, 9.17) is 5.26 Å². The van der Waals surface area contributed by atoms with Crippen LogP contribution in [0.3, 0.4) is 0 Å². The fraction of sp³-hybridized carbons (Fsp3) is 0.286. The number of allylic oxidation sites excluding steroid dienone is 1. The molecule has 0 aliphatic rings. The Morgan fingerprint density at radius 1 is 1.09 bits per heavy atom. The summed E-state index contributed by atoms with van der Waals surface area (Å²) in [6.07, 6.45) is 1.18. The minimum Gasteiger partial charge on any atom is -0.206 e. The lowest BCUT2D eigenvalue weighted by molar-refractivity contribution is 0.525. The van der Waals surface area contributed by atoms with Crippen molar-refractivity contribution in [3.63, 3.8) is 0 Å². The fourth-order valence-corrected chi connectivity index (χ4v) is 2.44. The molecular weight excluding hydrogens is 285 g/mol.